The first-order valence-corrected chi connectivity index (χ1v) is 42.0. The van der Waals surface area contributed by atoms with Crippen LogP contribution >= 0.6 is 15.6 Å². The summed E-state index contributed by atoms with van der Waals surface area (Å²) in [7, 11) is -10.0. The summed E-state index contributed by atoms with van der Waals surface area (Å²) < 4.78 is 68.3. The minimum atomic E-state index is -5.03. The lowest BCUT2D eigenvalue weighted by Crippen LogP contribution is -2.30. The second-order valence-electron chi connectivity index (χ2n) is 24.8. The molecular formula is C87H134O17P2. The number of carbonyl (C=O) groups excluding carboxylic acids is 4. The molecule has 0 bridgehead atoms. The number of hydrogen-bond donors (Lipinski definition) is 3. The average molecular weight is 1510 g/mol. The van der Waals surface area contributed by atoms with E-state index in [4.69, 9.17) is 37.0 Å². The van der Waals surface area contributed by atoms with Gasteiger partial charge in [-0.25, -0.2) is 9.13 Å². The molecule has 0 fully saturated rings. The van der Waals surface area contributed by atoms with Gasteiger partial charge in [0.1, 0.15) is 19.3 Å². The number of carbonyl (C=O) groups is 4. The molecule has 0 aliphatic heterocycles. The van der Waals surface area contributed by atoms with Gasteiger partial charge in [-0.3, -0.25) is 37.3 Å². The van der Waals surface area contributed by atoms with Crippen LogP contribution in [0.2, 0.25) is 0 Å². The Morgan fingerprint density at radius 1 is 0.274 bits per heavy atom. The van der Waals surface area contributed by atoms with Crippen molar-refractivity contribution in [2.24, 2.45) is 0 Å². The van der Waals surface area contributed by atoms with E-state index >= 15 is 0 Å². The summed E-state index contributed by atoms with van der Waals surface area (Å²) >= 11 is 0. The Labute approximate surface area is 639 Å². The van der Waals surface area contributed by atoms with Crippen molar-refractivity contribution in [1.82, 2.24) is 0 Å². The van der Waals surface area contributed by atoms with Crippen LogP contribution in [0.25, 0.3) is 0 Å². The second kappa shape index (κ2) is 76.6. The first kappa shape index (κ1) is 99.4. The third-order valence-electron chi connectivity index (χ3n) is 14.9. The van der Waals surface area contributed by atoms with E-state index in [0.717, 1.165) is 148 Å². The van der Waals surface area contributed by atoms with Gasteiger partial charge in [0, 0.05) is 25.7 Å². The Hall–Kier alpha value is -6.62. The zero-order valence-electron chi connectivity index (χ0n) is 64.8. The summed E-state index contributed by atoms with van der Waals surface area (Å²) in [5, 5.41) is 10.6. The topological polar surface area (TPSA) is 237 Å². The third kappa shape index (κ3) is 75.6. The standard InChI is InChI=1S/C87H134O17P2/c1-5-9-13-17-21-25-29-33-36-39-40-43-45-49-52-56-60-64-68-72-85(90)98-78-83(104-87(92)74-70-66-62-58-54-50-46-42-38-35-31-27-23-19-15-11-7-3)80-102-106(95,96)100-76-81(88)75-99-105(93,94)101-79-82(103-86(91)73-69-65-61-57-53-47-32-28-24-20-16-12-8-4)77-97-84(89)71-67-63-59-55-51-48-44-41-37-34-30-26-22-18-14-10-6-2/h9-11,13-16,20-23,25-28,32-38,40,43-44,46,48-50,52,55,58-60,62,64,81-83,88H,5-8,12,17-19,24,29-31,39,41-42,45,47,51,53-54,56-57,61,63,65-80H2,1-4H3,(H,93,94)(H,95,96)/b13-9-,14-10-,15-11-,20-16-,25-21-,26-22-,27-23-,32-28-,36-33-,37-34-,38-35-,43-40-,48-44-,50-46-,52-49-,59-55-,62-58-,64-60-. The Kier molecular flexibility index (Phi) is 71.8. The second-order valence-corrected chi connectivity index (χ2v) is 27.7. The van der Waals surface area contributed by atoms with Crippen LogP contribution in [0.3, 0.4) is 0 Å². The number of phosphoric ester groups is 2. The Balaban J connectivity index is 5.57. The molecule has 0 spiro atoms. The van der Waals surface area contributed by atoms with Crippen LogP contribution in [0, 0.1) is 0 Å². The van der Waals surface area contributed by atoms with E-state index in [1.807, 2.05) is 42.5 Å². The van der Waals surface area contributed by atoms with Gasteiger partial charge in [0.25, 0.3) is 0 Å². The Morgan fingerprint density at radius 2 is 0.519 bits per heavy atom. The molecule has 106 heavy (non-hydrogen) atoms. The maximum Gasteiger partial charge on any atom is 0.472 e. The monoisotopic (exact) mass is 1510 g/mol. The van der Waals surface area contributed by atoms with Gasteiger partial charge in [0.05, 0.1) is 26.4 Å². The zero-order chi connectivity index (χ0) is 77.4. The fraction of sp³-hybridized carbons (Fsp3) is 0.540. The molecule has 0 radical (unpaired) electrons. The SMILES string of the molecule is CC/C=C\C/C=C\C/C=C\C/C=C\C/C=C\C/C=C\CCC(=O)OCC(COP(=O)(O)OCC(O)COP(=O)(O)OCC(COC(=O)CCC/C=C\C/C=C\C/C=C\C/C=C\C/C=C\CC)OC(=O)CCCCCCC/C=C\C/C=C\CCC)OC(=O)CCC/C=C\C/C=C\C/C=C\C/C=C\C/C=C\CC. The third-order valence-corrected chi connectivity index (χ3v) is 16.8. The van der Waals surface area contributed by atoms with Gasteiger partial charge in [-0.1, -0.05) is 272 Å². The van der Waals surface area contributed by atoms with Crippen molar-refractivity contribution in [1.29, 1.82) is 0 Å². The van der Waals surface area contributed by atoms with Crippen LogP contribution in [-0.2, 0) is 65.4 Å². The first-order valence-electron chi connectivity index (χ1n) is 39.0. The van der Waals surface area contributed by atoms with E-state index in [2.05, 4.69) is 204 Å². The van der Waals surface area contributed by atoms with E-state index in [0.29, 0.717) is 44.9 Å². The van der Waals surface area contributed by atoms with Crippen molar-refractivity contribution in [3.63, 3.8) is 0 Å². The van der Waals surface area contributed by atoms with Crippen molar-refractivity contribution >= 4 is 39.5 Å². The van der Waals surface area contributed by atoms with Crippen molar-refractivity contribution in [2.75, 3.05) is 39.6 Å². The van der Waals surface area contributed by atoms with E-state index in [1.54, 1.807) is 0 Å². The quantitative estimate of drug-likeness (QED) is 0.0169. The summed E-state index contributed by atoms with van der Waals surface area (Å²) in [5.74, 6) is -2.46. The van der Waals surface area contributed by atoms with Crippen LogP contribution in [0.5, 0.6) is 0 Å². The van der Waals surface area contributed by atoms with Gasteiger partial charge in [-0.2, -0.15) is 0 Å². The Morgan fingerprint density at radius 3 is 0.849 bits per heavy atom. The molecule has 19 heteroatoms. The van der Waals surface area contributed by atoms with Gasteiger partial charge < -0.3 is 33.8 Å². The van der Waals surface area contributed by atoms with Crippen LogP contribution in [0.15, 0.2) is 219 Å². The highest BCUT2D eigenvalue weighted by Gasteiger charge is 2.30. The van der Waals surface area contributed by atoms with E-state index < -0.39 is 97.5 Å². The van der Waals surface area contributed by atoms with Crippen LogP contribution in [0.4, 0.5) is 0 Å². The summed E-state index contributed by atoms with van der Waals surface area (Å²) in [6, 6.07) is 0. The number of unbranched alkanes of at least 4 members (excludes halogenated alkanes) is 8. The lowest BCUT2D eigenvalue weighted by Gasteiger charge is -2.21. The molecule has 0 saturated carbocycles. The number of ether oxygens (including phenoxy) is 4. The molecular weight excluding hydrogens is 1380 g/mol. The molecule has 0 aromatic heterocycles. The molecule has 0 aromatic rings. The molecule has 0 aromatic carbocycles. The van der Waals surface area contributed by atoms with Gasteiger partial charge >= 0.3 is 39.5 Å². The molecule has 5 unspecified atom stereocenters. The number of rotatable bonds is 70. The van der Waals surface area contributed by atoms with Gasteiger partial charge in [-0.15, -0.1) is 0 Å². The molecule has 594 valence electrons. The van der Waals surface area contributed by atoms with Crippen molar-refractivity contribution in [3.8, 4) is 0 Å². The highest BCUT2D eigenvalue weighted by atomic mass is 31.2. The number of phosphoric acid groups is 2. The largest absolute Gasteiger partial charge is 0.472 e. The number of aliphatic hydroxyl groups is 1. The minimum absolute atomic E-state index is 0.0109. The summed E-state index contributed by atoms with van der Waals surface area (Å²) in [4.78, 5) is 72.9. The average Bonchev–Trinajstić information content (AvgIpc) is 0.907. The number of allylic oxidation sites excluding steroid dienone is 36. The van der Waals surface area contributed by atoms with E-state index in [1.165, 1.54) is 0 Å². The van der Waals surface area contributed by atoms with Crippen LogP contribution < -0.4 is 0 Å². The molecule has 0 aliphatic carbocycles. The number of hydrogen-bond acceptors (Lipinski definition) is 15. The van der Waals surface area contributed by atoms with E-state index in [-0.39, 0.29) is 25.7 Å². The normalized spacial score (nSPS) is 15.0. The molecule has 3 N–H and O–H groups in total. The molecule has 5 atom stereocenters. The fourth-order valence-corrected chi connectivity index (χ4v) is 10.7. The zero-order valence-corrected chi connectivity index (χ0v) is 66.5. The lowest BCUT2D eigenvalue weighted by molar-refractivity contribution is -0.161. The highest BCUT2D eigenvalue weighted by molar-refractivity contribution is 7.47. The molecule has 0 rings (SSSR count). The van der Waals surface area contributed by atoms with Crippen molar-refractivity contribution in [3.05, 3.63) is 219 Å². The first-order chi connectivity index (χ1) is 51.7. The van der Waals surface area contributed by atoms with Crippen molar-refractivity contribution < 1.29 is 80.2 Å². The smallest absolute Gasteiger partial charge is 0.462 e. The maximum absolute atomic E-state index is 13.1. The van der Waals surface area contributed by atoms with Gasteiger partial charge in [0.15, 0.2) is 12.2 Å². The van der Waals surface area contributed by atoms with E-state index in [9.17, 15) is 43.2 Å². The summed E-state index contributed by atoms with van der Waals surface area (Å²) in [6.45, 7) is 4.18. The van der Waals surface area contributed by atoms with Gasteiger partial charge in [-0.05, 0) is 167 Å². The Bertz CT molecular complexity index is 2880. The van der Waals surface area contributed by atoms with Crippen molar-refractivity contribution in [2.45, 2.75) is 264 Å². The van der Waals surface area contributed by atoms with Crippen LogP contribution in [-0.4, -0.2) is 96.7 Å². The summed E-state index contributed by atoms with van der Waals surface area (Å²) in [5.41, 5.74) is 0. The predicted octanol–water partition coefficient (Wildman–Crippen LogP) is 22.9. The molecule has 17 nitrogen and oxygen atoms in total. The molecule has 0 aliphatic rings. The highest BCUT2D eigenvalue weighted by Crippen LogP contribution is 2.45. The number of esters is 4. The minimum Gasteiger partial charge on any atom is -0.462 e. The molecule has 0 saturated heterocycles. The summed E-state index contributed by atoms with van der Waals surface area (Å²) in [6.07, 6.45) is 96.7. The molecule has 0 heterocycles. The van der Waals surface area contributed by atoms with Crippen LogP contribution in [0.1, 0.15) is 246 Å². The van der Waals surface area contributed by atoms with Gasteiger partial charge in [0.2, 0.25) is 0 Å². The lowest BCUT2D eigenvalue weighted by atomic mass is 10.1. The predicted molar refractivity (Wildman–Crippen MR) is 435 cm³/mol. The number of aliphatic hydroxyl groups excluding tert-OH is 1. The molecule has 0 amide bonds. The fourth-order valence-electron chi connectivity index (χ4n) is 9.12. The maximum atomic E-state index is 13.1.